The third kappa shape index (κ3) is 8.64. The fraction of sp³-hybridized carbons (Fsp3) is 0.909. The topological polar surface area (TPSA) is 67.8 Å². The van der Waals surface area contributed by atoms with E-state index in [-0.39, 0.29) is 18.6 Å². The van der Waals surface area contributed by atoms with E-state index in [1.54, 1.807) is 7.11 Å². The summed E-state index contributed by atoms with van der Waals surface area (Å²) in [5.74, 6) is -0.0633. The van der Waals surface area contributed by atoms with E-state index in [0.717, 1.165) is 6.42 Å². The maximum absolute atomic E-state index is 11.4. The third-order valence-electron chi connectivity index (χ3n) is 2.03. The van der Waals surface area contributed by atoms with E-state index in [9.17, 15) is 4.79 Å². The van der Waals surface area contributed by atoms with Gasteiger partial charge >= 0.3 is 0 Å². The number of aliphatic hydroxyl groups excluding tert-OH is 1. The monoisotopic (exact) mass is 233 g/mol. The number of ether oxygens (including phenoxy) is 2. The fourth-order valence-electron chi connectivity index (χ4n) is 1.27. The van der Waals surface area contributed by atoms with Crippen LogP contribution in [0, 0.1) is 0 Å². The van der Waals surface area contributed by atoms with E-state index >= 15 is 0 Å². The normalized spacial score (nSPS) is 12.4. The molecule has 2 N–H and O–H groups in total. The largest absolute Gasteiger partial charge is 0.396 e. The lowest BCUT2D eigenvalue weighted by molar-refractivity contribution is -0.123. The zero-order valence-electron chi connectivity index (χ0n) is 10.2. The van der Waals surface area contributed by atoms with Crippen LogP contribution in [0.5, 0.6) is 0 Å². The predicted molar refractivity (Wildman–Crippen MR) is 61.2 cm³/mol. The van der Waals surface area contributed by atoms with Crippen LogP contribution >= 0.6 is 0 Å². The molecule has 0 aliphatic carbocycles. The van der Waals surface area contributed by atoms with Gasteiger partial charge in [-0.1, -0.05) is 6.92 Å². The molecule has 0 radical (unpaired) electrons. The molecule has 0 aliphatic heterocycles. The lowest BCUT2D eigenvalue weighted by atomic mass is 10.2. The van der Waals surface area contributed by atoms with Crippen molar-refractivity contribution >= 4 is 5.91 Å². The number of methoxy groups -OCH3 is 1. The Morgan fingerprint density at radius 3 is 2.75 bits per heavy atom. The minimum Gasteiger partial charge on any atom is -0.396 e. The first-order chi connectivity index (χ1) is 7.74. The van der Waals surface area contributed by atoms with Gasteiger partial charge in [0, 0.05) is 26.7 Å². The van der Waals surface area contributed by atoms with Gasteiger partial charge in [-0.2, -0.15) is 0 Å². The summed E-state index contributed by atoms with van der Waals surface area (Å²) in [6.07, 6.45) is 1.82. The fourth-order valence-corrected chi connectivity index (χ4v) is 1.27. The van der Waals surface area contributed by atoms with Crippen molar-refractivity contribution in [2.24, 2.45) is 0 Å². The van der Waals surface area contributed by atoms with Gasteiger partial charge in [0.1, 0.15) is 0 Å². The number of nitrogens with one attached hydrogen (secondary N) is 1. The molecule has 1 amide bonds. The molecular formula is C11H23NO4. The van der Waals surface area contributed by atoms with Crippen molar-refractivity contribution in [2.45, 2.75) is 32.2 Å². The van der Waals surface area contributed by atoms with Crippen molar-refractivity contribution in [1.29, 1.82) is 0 Å². The highest BCUT2D eigenvalue weighted by Crippen LogP contribution is 1.94. The Labute approximate surface area is 97.1 Å². The Morgan fingerprint density at radius 2 is 2.19 bits per heavy atom. The quantitative estimate of drug-likeness (QED) is 0.533. The molecule has 0 rings (SSSR count). The van der Waals surface area contributed by atoms with E-state index < -0.39 is 0 Å². The Kier molecular flexibility index (Phi) is 10.4. The molecule has 0 saturated heterocycles. The summed E-state index contributed by atoms with van der Waals surface area (Å²) in [4.78, 5) is 11.4. The van der Waals surface area contributed by atoms with E-state index in [1.165, 1.54) is 0 Å². The number of carbonyl (C=O) groups is 1. The van der Waals surface area contributed by atoms with Crippen LogP contribution in [-0.4, -0.2) is 50.6 Å². The van der Waals surface area contributed by atoms with Gasteiger partial charge in [0.25, 0.3) is 0 Å². The van der Waals surface area contributed by atoms with Crippen LogP contribution < -0.4 is 5.32 Å². The van der Waals surface area contributed by atoms with Crippen molar-refractivity contribution in [3.05, 3.63) is 0 Å². The predicted octanol–water partition coefficient (Wildman–Crippen LogP) is 0.317. The first-order valence-corrected chi connectivity index (χ1v) is 5.71. The van der Waals surface area contributed by atoms with E-state index in [4.69, 9.17) is 14.6 Å². The van der Waals surface area contributed by atoms with Crippen molar-refractivity contribution in [2.75, 3.05) is 33.5 Å². The van der Waals surface area contributed by atoms with Gasteiger partial charge in [0.05, 0.1) is 19.3 Å². The SMILES string of the molecule is CCCOCCC(=O)NC(CCO)COC. The van der Waals surface area contributed by atoms with E-state index in [2.05, 4.69) is 5.32 Å². The van der Waals surface area contributed by atoms with Gasteiger partial charge in [-0.05, 0) is 12.8 Å². The average Bonchev–Trinajstić information content (AvgIpc) is 2.25. The highest BCUT2D eigenvalue weighted by Gasteiger charge is 2.11. The lowest BCUT2D eigenvalue weighted by Gasteiger charge is -2.16. The molecule has 0 aromatic rings. The highest BCUT2D eigenvalue weighted by atomic mass is 16.5. The number of carbonyl (C=O) groups excluding carboxylic acids is 1. The zero-order chi connectivity index (χ0) is 12.2. The average molecular weight is 233 g/mol. The maximum atomic E-state index is 11.4. The summed E-state index contributed by atoms with van der Waals surface area (Å²) in [6, 6.07) is -0.117. The highest BCUT2D eigenvalue weighted by molar-refractivity contribution is 5.76. The number of amides is 1. The first-order valence-electron chi connectivity index (χ1n) is 5.71. The minimum absolute atomic E-state index is 0.0423. The van der Waals surface area contributed by atoms with Gasteiger partial charge in [-0.3, -0.25) is 4.79 Å². The summed E-state index contributed by atoms with van der Waals surface area (Å²) in [6.45, 7) is 3.61. The smallest absolute Gasteiger partial charge is 0.222 e. The molecule has 1 atom stereocenters. The summed E-state index contributed by atoms with van der Waals surface area (Å²) in [5, 5.41) is 11.6. The number of aliphatic hydroxyl groups is 1. The number of rotatable bonds is 10. The summed E-state index contributed by atoms with van der Waals surface area (Å²) >= 11 is 0. The number of hydrogen-bond donors (Lipinski definition) is 2. The molecule has 5 heteroatoms. The van der Waals surface area contributed by atoms with Gasteiger partial charge in [-0.25, -0.2) is 0 Å². The van der Waals surface area contributed by atoms with Crippen LogP contribution in [0.3, 0.4) is 0 Å². The molecule has 0 saturated carbocycles. The molecule has 96 valence electrons. The van der Waals surface area contributed by atoms with Gasteiger partial charge in [0.15, 0.2) is 0 Å². The molecule has 0 aliphatic rings. The van der Waals surface area contributed by atoms with Crippen molar-refractivity contribution in [1.82, 2.24) is 5.32 Å². The second kappa shape index (κ2) is 10.9. The van der Waals surface area contributed by atoms with E-state index in [0.29, 0.717) is 32.7 Å². The summed E-state index contributed by atoms with van der Waals surface area (Å²) in [7, 11) is 1.57. The number of hydrogen-bond acceptors (Lipinski definition) is 4. The molecule has 0 heterocycles. The summed E-state index contributed by atoms with van der Waals surface area (Å²) in [5.41, 5.74) is 0. The summed E-state index contributed by atoms with van der Waals surface area (Å²) < 4.78 is 10.2. The van der Waals surface area contributed by atoms with Crippen LogP contribution in [0.2, 0.25) is 0 Å². The maximum Gasteiger partial charge on any atom is 0.222 e. The van der Waals surface area contributed by atoms with E-state index in [1.807, 2.05) is 6.92 Å². The van der Waals surface area contributed by atoms with Crippen molar-refractivity contribution in [3.8, 4) is 0 Å². The first kappa shape index (κ1) is 15.3. The van der Waals surface area contributed by atoms with Crippen LogP contribution in [0.1, 0.15) is 26.2 Å². The molecule has 0 aromatic heterocycles. The third-order valence-corrected chi connectivity index (χ3v) is 2.03. The minimum atomic E-state index is -0.117. The Morgan fingerprint density at radius 1 is 1.44 bits per heavy atom. The lowest BCUT2D eigenvalue weighted by Crippen LogP contribution is -2.39. The molecular weight excluding hydrogens is 210 g/mol. The molecule has 0 fully saturated rings. The molecule has 1 unspecified atom stereocenters. The molecule has 0 aromatic carbocycles. The van der Waals surface area contributed by atoms with Gasteiger partial charge < -0.3 is 19.9 Å². The van der Waals surface area contributed by atoms with Crippen LogP contribution in [0.25, 0.3) is 0 Å². The van der Waals surface area contributed by atoms with Gasteiger partial charge in [0.2, 0.25) is 5.91 Å². The standard InChI is InChI=1S/C11H23NO4/c1-3-7-16-8-5-11(14)12-10(4-6-13)9-15-2/h10,13H,3-9H2,1-2H3,(H,12,14). The second-order valence-electron chi connectivity index (χ2n) is 3.59. The molecule has 16 heavy (non-hydrogen) atoms. The zero-order valence-corrected chi connectivity index (χ0v) is 10.2. The Bertz CT molecular complexity index is 169. The van der Waals surface area contributed by atoms with Crippen LogP contribution in [0.15, 0.2) is 0 Å². The molecule has 0 spiro atoms. The van der Waals surface area contributed by atoms with Crippen molar-refractivity contribution in [3.63, 3.8) is 0 Å². The van der Waals surface area contributed by atoms with Gasteiger partial charge in [-0.15, -0.1) is 0 Å². The Balaban J connectivity index is 3.63. The second-order valence-corrected chi connectivity index (χ2v) is 3.59. The molecule has 5 nitrogen and oxygen atoms in total. The Hall–Kier alpha value is -0.650. The molecule has 0 bridgehead atoms. The van der Waals surface area contributed by atoms with Crippen LogP contribution in [-0.2, 0) is 14.3 Å². The van der Waals surface area contributed by atoms with Crippen molar-refractivity contribution < 1.29 is 19.4 Å². The van der Waals surface area contributed by atoms with Crippen LogP contribution in [0.4, 0.5) is 0 Å².